The van der Waals surface area contributed by atoms with E-state index in [0.717, 1.165) is 42.5 Å². The van der Waals surface area contributed by atoms with Crippen molar-refractivity contribution < 1.29 is 4.79 Å². The molecular weight excluding hydrogens is 278 g/mol. The van der Waals surface area contributed by atoms with Crippen molar-refractivity contribution in [3.05, 3.63) is 23.5 Å². The minimum atomic E-state index is -0.0129. The van der Waals surface area contributed by atoms with Crippen LogP contribution in [0.3, 0.4) is 0 Å². The van der Waals surface area contributed by atoms with Crippen molar-refractivity contribution in [1.29, 1.82) is 0 Å². The van der Waals surface area contributed by atoms with E-state index in [1.165, 1.54) is 0 Å². The van der Waals surface area contributed by atoms with E-state index in [1.807, 2.05) is 31.9 Å². The van der Waals surface area contributed by atoms with Crippen LogP contribution in [0.15, 0.2) is 12.3 Å². The average molecular weight is 301 g/mol. The molecule has 0 aliphatic carbocycles. The highest BCUT2D eigenvalue weighted by molar-refractivity contribution is 5.97. The Morgan fingerprint density at radius 2 is 2.23 bits per heavy atom. The number of aromatic nitrogens is 3. The number of pyridine rings is 1. The Labute approximate surface area is 130 Å². The zero-order valence-corrected chi connectivity index (χ0v) is 13.4. The highest BCUT2D eigenvalue weighted by Crippen LogP contribution is 2.23. The number of likely N-dealkylation sites (tertiary alicyclic amines) is 1. The van der Waals surface area contributed by atoms with Gasteiger partial charge in [0.15, 0.2) is 5.65 Å². The minimum Gasteiger partial charge on any atom is -0.334 e. The van der Waals surface area contributed by atoms with E-state index in [9.17, 15) is 4.79 Å². The van der Waals surface area contributed by atoms with Crippen molar-refractivity contribution in [2.24, 2.45) is 12.8 Å². The Hall–Kier alpha value is -1.95. The molecule has 0 spiro atoms. The number of rotatable bonds is 2. The standard InChI is InChI=1S/C16H23N5O/c1-10(17)14-6-4-5-7-21(14)16(22)12-8-13-11(2)19-20(3)15(13)18-9-12/h8-10,14H,4-7,17H2,1-3H3. The Bertz CT molecular complexity index is 706. The number of fused-ring (bicyclic) bond motifs is 1. The van der Waals surface area contributed by atoms with Crippen molar-refractivity contribution in [1.82, 2.24) is 19.7 Å². The Morgan fingerprint density at radius 1 is 1.45 bits per heavy atom. The Morgan fingerprint density at radius 3 is 2.95 bits per heavy atom. The average Bonchev–Trinajstić information content (AvgIpc) is 2.81. The van der Waals surface area contributed by atoms with Gasteiger partial charge in [0, 0.05) is 37.3 Å². The molecule has 2 aromatic rings. The van der Waals surface area contributed by atoms with Gasteiger partial charge in [0.1, 0.15) is 0 Å². The first kappa shape index (κ1) is 15.0. The molecule has 0 aromatic carbocycles. The van der Waals surface area contributed by atoms with Crippen LogP contribution in [0.5, 0.6) is 0 Å². The summed E-state index contributed by atoms with van der Waals surface area (Å²) in [5.74, 6) is 0.0275. The first-order chi connectivity index (χ1) is 10.5. The molecule has 22 heavy (non-hydrogen) atoms. The van der Waals surface area contributed by atoms with Gasteiger partial charge in [-0.15, -0.1) is 0 Å². The van der Waals surface area contributed by atoms with Crippen molar-refractivity contribution >= 4 is 16.9 Å². The van der Waals surface area contributed by atoms with Crippen molar-refractivity contribution in [3.63, 3.8) is 0 Å². The summed E-state index contributed by atoms with van der Waals surface area (Å²) in [6.07, 6.45) is 4.80. The van der Waals surface area contributed by atoms with Crippen LogP contribution in [-0.4, -0.2) is 44.2 Å². The van der Waals surface area contributed by atoms with Gasteiger partial charge in [0.2, 0.25) is 0 Å². The van der Waals surface area contributed by atoms with Crippen LogP contribution in [0, 0.1) is 6.92 Å². The summed E-state index contributed by atoms with van der Waals surface area (Å²) in [5, 5.41) is 5.29. The number of aryl methyl sites for hydroxylation is 2. The van der Waals surface area contributed by atoms with Gasteiger partial charge < -0.3 is 10.6 Å². The normalized spacial score (nSPS) is 20.4. The lowest BCUT2D eigenvalue weighted by molar-refractivity contribution is 0.0583. The number of hydrogen-bond donors (Lipinski definition) is 1. The number of carbonyl (C=O) groups is 1. The van der Waals surface area contributed by atoms with E-state index in [-0.39, 0.29) is 18.0 Å². The van der Waals surface area contributed by atoms with Crippen LogP contribution < -0.4 is 5.73 Å². The van der Waals surface area contributed by atoms with E-state index in [4.69, 9.17) is 5.73 Å². The monoisotopic (exact) mass is 301 g/mol. The molecule has 2 N–H and O–H groups in total. The van der Waals surface area contributed by atoms with Gasteiger partial charge in [0.25, 0.3) is 5.91 Å². The number of nitrogens with zero attached hydrogens (tertiary/aromatic N) is 4. The second kappa shape index (κ2) is 5.68. The van der Waals surface area contributed by atoms with Gasteiger partial charge in [-0.2, -0.15) is 5.10 Å². The van der Waals surface area contributed by atoms with E-state index in [0.29, 0.717) is 5.56 Å². The Balaban J connectivity index is 1.95. The number of piperidine rings is 1. The smallest absolute Gasteiger partial charge is 0.255 e. The number of amides is 1. The largest absolute Gasteiger partial charge is 0.334 e. The van der Waals surface area contributed by atoms with E-state index in [2.05, 4.69) is 10.1 Å². The summed E-state index contributed by atoms with van der Waals surface area (Å²) in [7, 11) is 1.86. The molecule has 1 aliphatic heterocycles. The summed E-state index contributed by atoms with van der Waals surface area (Å²) in [6, 6.07) is 2.01. The van der Waals surface area contributed by atoms with Crippen LogP contribution in [-0.2, 0) is 7.05 Å². The fourth-order valence-electron chi connectivity index (χ4n) is 3.35. The van der Waals surface area contributed by atoms with Crippen LogP contribution in [0.25, 0.3) is 11.0 Å². The first-order valence-electron chi connectivity index (χ1n) is 7.85. The summed E-state index contributed by atoms with van der Waals surface area (Å²) >= 11 is 0. The van der Waals surface area contributed by atoms with Gasteiger partial charge in [-0.25, -0.2) is 4.98 Å². The summed E-state index contributed by atoms with van der Waals surface area (Å²) in [5.41, 5.74) is 8.38. The highest BCUT2D eigenvalue weighted by Gasteiger charge is 2.30. The Kier molecular flexibility index (Phi) is 3.87. The number of nitrogens with two attached hydrogens (primary N) is 1. The second-order valence-electron chi connectivity index (χ2n) is 6.22. The quantitative estimate of drug-likeness (QED) is 0.914. The topological polar surface area (TPSA) is 77.0 Å². The van der Waals surface area contributed by atoms with Crippen molar-refractivity contribution in [3.8, 4) is 0 Å². The summed E-state index contributed by atoms with van der Waals surface area (Å²) in [4.78, 5) is 19.2. The second-order valence-corrected chi connectivity index (χ2v) is 6.22. The first-order valence-corrected chi connectivity index (χ1v) is 7.85. The predicted molar refractivity (Wildman–Crippen MR) is 85.6 cm³/mol. The maximum atomic E-state index is 12.9. The van der Waals surface area contributed by atoms with Crippen molar-refractivity contribution in [2.75, 3.05) is 6.54 Å². The maximum Gasteiger partial charge on any atom is 0.255 e. The third-order valence-corrected chi connectivity index (χ3v) is 4.53. The van der Waals surface area contributed by atoms with Gasteiger partial charge in [-0.3, -0.25) is 9.48 Å². The van der Waals surface area contributed by atoms with Crippen LogP contribution >= 0.6 is 0 Å². The fourth-order valence-corrected chi connectivity index (χ4v) is 3.35. The molecule has 2 atom stereocenters. The molecular formula is C16H23N5O. The molecule has 0 saturated carbocycles. The minimum absolute atomic E-state index is 0.0129. The number of hydrogen-bond acceptors (Lipinski definition) is 4. The van der Waals surface area contributed by atoms with Gasteiger partial charge in [0.05, 0.1) is 11.3 Å². The molecule has 1 aliphatic rings. The zero-order valence-electron chi connectivity index (χ0n) is 13.4. The molecule has 2 aromatic heterocycles. The predicted octanol–water partition coefficient (Wildman–Crippen LogP) is 1.62. The molecule has 1 saturated heterocycles. The fraction of sp³-hybridized carbons (Fsp3) is 0.562. The molecule has 118 valence electrons. The van der Waals surface area contributed by atoms with Crippen molar-refractivity contribution in [2.45, 2.75) is 45.2 Å². The van der Waals surface area contributed by atoms with Crippen LogP contribution in [0.1, 0.15) is 42.2 Å². The molecule has 1 fully saturated rings. The van der Waals surface area contributed by atoms with Crippen LogP contribution in [0.4, 0.5) is 0 Å². The van der Waals surface area contributed by atoms with Crippen LogP contribution in [0.2, 0.25) is 0 Å². The van der Waals surface area contributed by atoms with Gasteiger partial charge in [-0.1, -0.05) is 0 Å². The third kappa shape index (κ3) is 2.47. The number of carbonyl (C=O) groups excluding carboxylic acids is 1. The lowest BCUT2D eigenvalue weighted by Crippen LogP contribution is -2.51. The highest BCUT2D eigenvalue weighted by atomic mass is 16.2. The molecule has 1 amide bonds. The molecule has 3 rings (SSSR count). The van der Waals surface area contributed by atoms with Gasteiger partial charge >= 0.3 is 0 Å². The van der Waals surface area contributed by atoms with E-state index < -0.39 is 0 Å². The molecule has 6 heteroatoms. The lowest BCUT2D eigenvalue weighted by atomic mass is 9.96. The molecule has 6 nitrogen and oxygen atoms in total. The summed E-state index contributed by atoms with van der Waals surface area (Å²) < 4.78 is 1.74. The SMILES string of the molecule is Cc1nn(C)c2ncc(C(=O)N3CCCCC3C(C)N)cc12. The molecule has 0 bridgehead atoms. The molecule has 2 unspecified atom stereocenters. The lowest BCUT2D eigenvalue weighted by Gasteiger charge is -2.38. The van der Waals surface area contributed by atoms with E-state index in [1.54, 1.807) is 10.9 Å². The molecule has 3 heterocycles. The maximum absolute atomic E-state index is 12.9. The zero-order chi connectivity index (χ0) is 15.9. The summed E-state index contributed by atoms with van der Waals surface area (Å²) in [6.45, 7) is 4.68. The molecule has 0 radical (unpaired) electrons. The van der Waals surface area contributed by atoms with Gasteiger partial charge in [-0.05, 0) is 39.2 Å². The van der Waals surface area contributed by atoms with E-state index >= 15 is 0 Å². The third-order valence-electron chi connectivity index (χ3n) is 4.53.